The van der Waals surface area contributed by atoms with Crippen molar-refractivity contribution in [1.82, 2.24) is 0 Å². The van der Waals surface area contributed by atoms with E-state index in [1.54, 1.807) is 0 Å². The molecule has 0 aromatic heterocycles. The first-order chi connectivity index (χ1) is 66.6. The molecule has 0 radical (unpaired) electrons. The van der Waals surface area contributed by atoms with Gasteiger partial charge in [-0.05, 0) is 224 Å². The zero-order chi connectivity index (χ0) is 97.6. The number of hydrogen-bond acceptors (Lipinski definition) is 3. The summed E-state index contributed by atoms with van der Waals surface area (Å²) < 4.78 is 285. The highest BCUT2D eigenvalue weighted by atomic mass is 19.2. The SMILES string of the molecule is CCCCCCCCCCCC[N+](CCCCCCCCCCCC)(CCCCCCCCCCCC)C(CCCCCCCCCCC)c1cc(OB(Oc2ccc(F)c(-c3cc4c(F)c(c3F)CCCCC4)c2F)Oc2ccc(F)c(-c3cc4c(F)c(c3F)CCCCC4)c2F)c(F)c(-c2cc3c(F)c(c2F)CCCCC3)c1F.Fc1[c-]ccc(F)c1-c1cc2c(F)c(c1F)CCCCC2. The Bertz CT molecular complexity index is 4900. The van der Waals surface area contributed by atoms with Crippen LogP contribution in [-0.2, 0) is 51.4 Å². The fourth-order valence-corrected chi connectivity index (χ4v) is 21.5. The van der Waals surface area contributed by atoms with Crippen LogP contribution < -0.4 is 14.0 Å². The minimum atomic E-state index is -2.67. The summed E-state index contributed by atoms with van der Waals surface area (Å²) in [7, 11) is -2.67. The largest absolute Gasteiger partial charge is 0.864 e. The summed E-state index contributed by atoms with van der Waals surface area (Å²) in [5.74, 6) is -20.3. The van der Waals surface area contributed by atoms with Crippen molar-refractivity contribution < 1.29 is 88.7 Å². The lowest BCUT2D eigenvalue weighted by Crippen LogP contribution is -2.53. The van der Waals surface area contributed by atoms with Gasteiger partial charge in [-0.25, -0.2) is 70.2 Å². The van der Waals surface area contributed by atoms with E-state index in [0.717, 1.165) is 228 Å². The molecule has 21 heteroatoms. The van der Waals surface area contributed by atoms with E-state index in [-0.39, 0.29) is 95.0 Å². The van der Waals surface area contributed by atoms with E-state index in [2.05, 4.69) is 33.8 Å². The first-order valence-electron chi connectivity index (χ1n) is 53.3. The molecule has 0 spiro atoms. The molecule has 8 aromatic rings. The van der Waals surface area contributed by atoms with Gasteiger partial charge in [0.1, 0.15) is 87.3 Å². The number of halogens is 16. The molecule has 752 valence electrons. The molecule has 8 bridgehead atoms. The fourth-order valence-electron chi connectivity index (χ4n) is 21.5. The first kappa shape index (κ1) is 109. The summed E-state index contributed by atoms with van der Waals surface area (Å²) in [5, 5.41) is 0. The van der Waals surface area contributed by atoms with Crippen LogP contribution in [0.2, 0.25) is 0 Å². The van der Waals surface area contributed by atoms with Crippen molar-refractivity contribution in [2.45, 2.75) is 419 Å². The number of benzene rings is 8. The summed E-state index contributed by atoms with van der Waals surface area (Å²) in [6, 6.07) is 12.5. The van der Waals surface area contributed by atoms with Gasteiger partial charge in [-0.1, -0.05) is 270 Å². The Balaban J connectivity index is 0.000000748. The number of nitrogens with zero attached hydrogens (tertiary/aromatic N) is 1. The van der Waals surface area contributed by atoms with Gasteiger partial charge in [0.15, 0.2) is 17.5 Å². The highest BCUT2D eigenvalue weighted by molar-refractivity contribution is 6.39. The van der Waals surface area contributed by atoms with Gasteiger partial charge in [-0.2, -0.15) is 6.07 Å². The molecule has 8 aromatic carbocycles. The van der Waals surface area contributed by atoms with E-state index in [4.69, 9.17) is 14.0 Å². The van der Waals surface area contributed by atoms with Crippen LogP contribution in [0, 0.1) is 99.1 Å². The molecule has 1 unspecified atom stereocenters. The van der Waals surface area contributed by atoms with Crippen molar-refractivity contribution in [1.29, 1.82) is 0 Å². The number of fused-ring (bicyclic) bond motifs is 8. The predicted octanol–water partition coefficient (Wildman–Crippen LogP) is 37.2. The minimum absolute atomic E-state index is 0.0246. The monoisotopic (exact) mass is 1920 g/mol. The summed E-state index contributed by atoms with van der Waals surface area (Å²) >= 11 is 0. The molecule has 4 aliphatic carbocycles. The molecule has 1 atom stereocenters. The van der Waals surface area contributed by atoms with Crippen LogP contribution >= 0.6 is 0 Å². The van der Waals surface area contributed by atoms with Crippen LogP contribution in [0.25, 0.3) is 44.5 Å². The molecule has 0 saturated carbocycles. The molecule has 12 rings (SSSR count). The van der Waals surface area contributed by atoms with Crippen LogP contribution in [0.4, 0.5) is 70.2 Å². The fraction of sp³-hybridized carbons (Fsp3) is 0.586. The molecule has 137 heavy (non-hydrogen) atoms. The molecule has 4 nitrogen and oxygen atoms in total. The smallest absolute Gasteiger partial charge is 0.487 e. The van der Waals surface area contributed by atoms with Gasteiger partial charge >= 0.3 is 7.32 Å². The Labute approximate surface area is 808 Å². The quantitative estimate of drug-likeness (QED) is 0.0125. The van der Waals surface area contributed by atoms with E-state index < -0.39 is 163 Å². The summed E-state index contributed by atoms with van der Waals surface area (Å²) in [4.78, 5) is 0. The van der Waals surface area contributed by atoms with Crippen molar-refractivity contribution in [3.8, 4) is 61.8 Å². The third-order valence-corrected chi connectivity index (χ3v) is 29.4. The molecule has 0 heterocycles. The molecule has 0 aliphatic heterocycles. The standard InChI is InChI=1S/C99H137BF12NO3.C17H13F4/c1-5-9-13-17-21-25-29-33-37-50-64-113(65-51-38-34-30-26-22-18-14-10-6-2,66-52-39-35-31-27-23-19-15-11-7-3)83(59-49-36-32-28-24-20-16-12-8-4)77-70-86(99(112)89(96(77)109)80-69-73-55-45-42-48-58-76(92(73)105)95(80)108)116-100(114-84-62-60-81(101)87(97(84)110)78-67-71-53-43-40-46-56-74(90(71)103)93(78)106)115-85-63-61-82(102)88(98(85)111)79-68-72-54-44-41-47-57-75(91(72)104)94(79)107;18-13-7-4-8-14(19)15(13)12-9-10-5-2-1-3-6-11(16(10)20)17(12)21/h60-63,67-70,83H,5-59,64-66H2,1-4H3;4,7,9H,1-3,5-6H2/q+1;-1. The number of hydrogen-bond donors (Lipinski definition) is 0. The maximum atomic E-state index is 19.8. The highest BCUT2D eigenvalue weighted by Gasteiger charge is 2.44. The molecule has 0 amide bonds. The van der Waals surface area contributed by atoms with Crippen LogP contribution in [0.5, 0.6) is 17.2 Å². The number of rotatable bonds is 55. The van der Waals surface area contributed by atoms with E-state index in [1.807, 2.05) is 0 Å². The zero-order valence-corrected chi connectivity index (χ0v) is 82.3. The number of unbranched alkanes of at least 4 members (excludes halogenated alkanes) is 35. The average Bonchev–Trinajstić information content (AvgIpc) is 0.687. The third kappa shape index (κ3) is 30.1. The van der Waals surface area contributed by atoms with Gasteiger partial charge in [-0.3, -0.25) is 0 Å². The Morgan fingerprint density at radius 2 is 0.533 bits per heavy atom. The van der Waals surface area contributed by atoms with Gasteiger partial charge in [0.2, 0.25) is 0 Å². The molecule has 0 N–H and O–H groups in total. The van der Waals surface area contributed by atoms with Crippen molar-refractivity contribution in [2.24, 2.45) is 0 Å². The minimum Gasteiger partial charge on any atom is -0.487 e. The lowest BCUT2D eigenvalue weighted by Gasteiger charge is -2.46. The second kappa shape index (κ2) is 57.2. The molecule has 4 aliphatic rings. The van der Waals surface area contributed by atoms with Gasteiger partial charge < -0.3 is 18.4 Å². The van der Waals surface area contributed by atoms with Gasteiger partial charge in [0, 0.05) is 62.6 Å². The number of aryl methyl sites for hydroxylation is 4. The van der Waals surface area contributed by atoms with Gasteiger partial charge in [-0.15, -0.1) is 12.1 Å². The summed E-state index contributed by atoms with van der Waals surface area (Å²) in [6.07, 6.45) is 50.0. The Hall–Kier alpha value is -7.94. The maximum Gasteiger partial charge on any atom is 0.864 e. The average molecular weight is 1920 g/mol. The first-order valence-corrected chi connectivity index (χ1v) is 53.3. The van der Waals surface area contributed by atoms with Crippen LogP contribution in [0.15, 0.2) is 66.7 Å². The second-order valence-corrected chi connectivity index (χ2v) is 39.7. The van der Waals surface area contributed by atoms with Crippen LogP contribution in [-0.4, -0.2) is 31.4 Å². The number of quaternary nitrogens is 1. The van der Waals surface area contributed by atoms with Crippen LogP contribution in [0.3, 0.4) is 0 Å². The Morgan fingerprint density at radius 1 is 0.263 bits per heavy atom. The summed E-state index contributed by atoms with van der Waals surface area (Å²) in [6.45, 7) is 10.8. The molecular formula is C116H150BF16NO3. The van der Waals surface area contributed by atoms with Gasteiger partial charge in [0.05, 0.1) is 36.3 Å². The van der Waals surface area contributed by atoms with Gasteiger partial charge in [0.25, 0.3) is 0 Å². The Kier molecular flexibility index (Phi) is 45.7. The van der Waals surface area contributed by atoms with Crippen LogP contribution in [0.1, 0.15) is 418 Å². The van der Waals surface area contributed by atoms with E-state index in [9.17, 15) is 17.6 Å². The maximum absolute atomic E-state index is 19.8. The van der Waals surface area contributed by atoms with E-state index in [1.165, 1.54) is 95.2 Å². The predicted molar refractivity (Wildman–Crippen MR) is 523 cm³/mol. The lowest BCUT2D eigenvalue weighted by molar-refractivity contribution is -0.958. The van der Waals surface area contributed by atoms with Crippen molar-refractivity contribution >= 4 is 7.32 Å². The third-order valence-electron chi connectivity index (χ3n) is 29.4. The van der Waals surface area contributed by atoms with Crippen molar-refractivity contribution in [3.63, 3.8) is 0 Å². The lowest BCUT2D eigenvalue weighted by atomic mass is 9.87. The van der Waals surface area contributed by atoms with E-state index >= 15 is 52.7 Å². The highest BCUT2D eigenvalue weighted by Crippen LogP contribution is 2.49. The van der Waals surface area contributed by atoms with E-state index in [0.29, 0.717) is 113 Å². The molecule has 0 saturated heterocycles. The molecule has 0 fully saturated rings. The Morgan fingerprint density at radius 3 is 0.854 bits per heavy atom. The topological polar surface area (TPSA) is 27.7 Å². The zero-order valence-electron chi connectivity index (χ0n) is 82.3. The normalized spacial score (nSPS) is 14.2. The second-order valence-electron chi connectivity index (χ2n) is 39.7. The van der Waals surface area contributed by atoms with Crippen molar-refractivity contribution in [2.75, 3.05) is 19.6 Å². The van der Waals surface area contributed by atoms with Crippen molar-refractivity contribution in [3.05, 3.63) is 216 Å². The molecular weight excluding hydrogens is 1770 g/mol. The summed E-state index contributed by atoms with van der Waals surface area (Å²) in [5.41, 5.74) is -5.99.